The van der Waals surface area contributed by atoms with Gasteiger partial charge >= 0.3 is 5.38 Å². The van der Waals surface area contributed by atoms with Crippen molar-refractivity contribution in [2.45, 2.75) is 43.9 Å². The minimum Gasteiger partial charge on any atom is -0.286 e. The lowest BCUT2D eigenvalue weighted by Gasteiger charge is -2.12. The Hall–Kier alpha value is -0.440. The summed E-state index contributed by atoms with van der Waals surface area (Å²) in [6.07, 6.45) is 6.61. The first kappa shape index (κ1) is 11.6. The van der Waals surface area contributed by atoms with Crippen LogP contribution in [0.2, 0.25) is 0 Å². The number of alkyl halides is 3. The van der Waals surface area contributed by atoms with E-state index in [1.165, 1.54) is 0 Å². The van der Waals surface area contributed by atoms with Gasteiger partial charge in [-0.05, 0) is 42.9 Å². The molecule has 0 fully saturated rings. The molecular formula is C10H13ClF2O. The lowest BCUT2D eigenvalue weighted by Crippen LogP contribution is -2.23. The van der Waals surface area contributed by atoms with E-state index in [1.807, 2.05) is 0 Å². The van der Waals surface area contributed by atoms with E-state index in [1.54, 1.807) is 6.08 Å². The number of Topliss-reactive ketones (excluding diaryl/α,β-unsaturated/α-hetero) is 1. The highest BCUT2D eigenvalue weighted by atomic mass is 35.5. The quantitative estimate of drug-likeness (QED) is 0.652. The Bertz CT molecular complexity index is 243. The SMILES string of the molecule is O=C(/C1=C/CCCCCC1)C(F)(F)Cl. The van der Waals surface area contributed by atoms with Crippen LogP contribution in [0, 0.1) is 0 Å². The first-order valence-corrected chi connectivity index (χ1v) is 5.20. The lowest BCUT2D eigenvalue weighted by molar-refractivity contribution is -0.129. The van der Waals surface area contributed by atoms with Gasteiger partial charge < -0.3 is 0 Å². The van der Waals surface area contributed by atoms with Crippen LogP contribution in [0.25, 0.3) is 0 Å². The largest absolute Gasteiger partial charge is 0.384 e. The molecule has 14 heavy (non-hydrogen) atoms. The van der Waals surface area contributed by atoms with Crippen molar-refractivity contribution in [1.82, 2.24) is 0 Å². The van der Waals surface area contributed by atoms with Gasteiger partial charge in [-0.15, -0.1) is 0 Å². The zero-order valence-electron chi connectivity index (χ0n) is 7.86. The van der Waals surface area contributed by atoms with Crippen LogP contribution >= 0.6 is 11.6 Å². The molecule has 0 heterocycles. The van der Waals surface area contributed by atoms with Crippen LogP contribution in [-0.2, 0) is 4.79 Å². The average molecular weight is 223 g/mol. The van der Waals surface area contributed by atoms with Gasteiger partial charge in [-0.3, -0.25) is 4.79 Å². The van der Waals surface area contributed by atoms with Gasteiger partial charge in [0.2, 0.25) is 5.78 Å². The molecule has 4 heteroatoms. The van der Waals surface area contributed by atoms with Crippen molar-refractivity contribution in [3.63, 3.8) is 0 Å². The maximum atomic E-state index is 12.5. The number of allylic oxidation sites excluding steroid dienone is 2. The highest BCUT2D eigenvalue weighted by Gasteiger charge is 2.37. The molecule has 1 nitrogen and oxygen atoms in total. The Labute approximate surface area is 87.1 Å². The van der Waals surface area contributed by atoms with E-state index in [9.17, 15) is 13.6 Å². The van der Waals surface area contributed by atoms with Gasteiger partial charge in [-0.1, -0.05) is 18.9 Å². The minimum absolute atomic E-state index is 0.199. The molecule has 0 aromatic rings. The van der Waals surface area contributed by atoms with E-state index >= 15 is 0 Å². The highest BCUT2D eigenvalue weighted by Crippen LogP contribution is 2.27. The zero-order chi connectivity index (χ0) is 10.6. The predicted octanol–water partition coefficient (Wildman–Crippen LogP) is 3.67. The fourth-order valence-corrected chi connectivity index (χ4v) is 1.70. The highest BCUT2D eigenvalue weighted by molar-refractivity contribution is 6.35. The lowest BCUT2D eigenvalue weighted by atomic mass is 9.97. The molecule has 1 rings (SSSR count). The van der Waals surface area contributed by atoms with Crippen LogP contribution in [0.3, 0.4) is 0 Å². The zero-order valence-corrected chi connectivity index (χ0v) is 8.62. The predicted molar refractivity (Wildman–Crippen MR) is 51.6 cm³/mol. The maximum Gasteiger partial charge on any atom is 0.384 e. The Morgan fingerprint density at radius 2 is 1.93 bits per heavy atom. The van der Waals surface area contributed by atoms with Crippen LogP contribution in [0.4, 0.5) is 8.78 Å². The van der Waals surface area contributed by atoms with E-state index < -0.39 is 11.2 Å². The molecule has 0 unspecified atom stereocenters. The van der Waals surface area contributed by atoms with Crippen LogP contribution in [0.15, 0.2) is 11.6 Å². The molecule has 0 amide bonds. The number of halogens is 3. The summed E-state index contributed by atoms with van der Waals surface area (Å²) in [6, 6.07) is 0. The van der Waals surface area contributed by atoms with E-state index in [0.717, 1.165) is 25.7 Å². The van der Waals surface area contributed by atoms with Gasteiger partial charge in [0.05, 0.1) is 0 Å². The second-order valence-electron chi connectivity index (χ2n) is 3.51. The summed E-state index contributed by atoms with van der Waals surface area (Å²) in [5.74, 6) is -1.22. The van der Waals surface area contributed by atoms with Gasteiger partial charge in [-0.2, -0.15) is 8.78 Å². The van der Waals surface area contributed by atoms with E-state index in [0.29, 0.717) is 12.8 Å². The van der Waals surface area contributed by atoms with Gasteiger partial charge in [0, 0.05) is 0 Å². The third-order valence-electron chi connectivity index (χ3n) is 2.34. The molecule has 1 aliphatic rings. The van der Waals surface area contributed by atoms with Crippen LogP contribution < -0.4 is 0 Å². The van der Waals surface area contributed by atoms with Crippen LogP contribution in [0.5, 0.6) is 0 Å². The third kappa shape index (κ3) is 3.37. The van der Waals surface area contributed by atoms with E-state index in [2.05, 4.69) is 11.6 Å². The summed E-state index contributed by atoms with van der Waals surface area (Å²) in [5, 5.41) is -3.73. The van der Waals surface area contributed by atoms with Crippen molar-refractivity contribution in [3.8, 4) is 0 Å². The number of hydrogen-bond donors (Lipinski definition) is 0. The number of ketones is 1. The van der Waals surface area contributed by atoms with E-state index in [-0.39, 0.29) is 5.57 Å². The van der Waals surface area contributed by atoms with Gasteiger partial charge in [0.1, 0.15) is 0 Å². The summed E-state index contributed by atoms with van der Waals surface area (Å²) in [6.45, 7) is 0. The molecule has 0 bridgehead atoms. The minimum atomic E-state index is -3.73. The summed E-state index contributed by atoms with van der Waals surface area (Å²) in [5.41, 5.74) is 0.199. The standard InChI is InChI=1S/C10H13ClF2O/c11-10(12,13)9(14)8-6-4-2-1-3-5-7-8/h6H,1-5,7H2/b8-6+. The van der Waals surface area contributed by atoms with Crippen molar-refractivity contribution in [2.75, 3.05) is 0 Å². The average Bonchev–Trinajstić information content (AvgIpc) is 2.00. The van der Waals surface area contributed by atoms with Crippen molar-refractivity contribution >= 4 is 17.4 Å². The topological polar surface area (TPSA) is 17.1 Å². The fourth-order valence-electron chi connectivity index (χ4n) is 1.58. The Morgan fingerprint density at radius 3 is 2.57 bits per heavy atom. The van der Waals surface area contributed by atoms with Crippen LogP contribution in [-0.4, -0.2) is 11.2 Å². The fraction of sp³-hybridized carbons (Fsp3) is 0.700. The number of carbonyl (C=O) groups excluding carboxylic acids is 1. The molecule has 0 atom stereocenters. The van der Waals surface area contributed by atoms with Crippen LogP contribution in [0.1, 0.15) is 38.5 Å². The van der Waals surface area contributed by atoms with Crippen molar-refractivity contribution < 1.29 is 13.6 Å². The smallest absolute Gasteiger partial charge is 0.286 e. The summed E-state index contributed by atoms with van der Waals surface area (Å²) in [4.78, 5) is 11.1. The third-order valence-corrected chi connectivity index (χ3v) is 2.51. The van der Waals surface area contributed by atoms with Gasteiger partial charge in [0.25, 0.3) is 0 Å². The normalized spacial score (nSPS) is 23.2. The molecule has 1 aliphatic carbocycles. The summed E-state index contributed by atoms with van der Waals surface area (Å²) >= 11 is 4.69. The molecule has 0 aliphatic heterocycles. The van der Waals surface area contributed by atoms with Gasteiger partial charge in [-0.25, -0.2) is 0 Å². The maximum absolute atomic E-state index is 12.5. The second kappa shape index (κ2) is 4.87. The molecule has 0 spiro atoms. The Morgan fingerprint density at radius 1 is 1.29 bits per heavy atom. The molecule has 0 saturated carbocycles. The van der Waals surface area contributed by atoms with Crippen molar-refractivity contribution in [1.29, 1.82) is 0 Å². The Balaban J connectivity index is 2.69. The second-order valence-corrected chi connectivity index (χ2v) is 3.98. The first-order chi connectivity index (χ1) is 6.52. The molecule has 0 N–H and O–H groups in total. The summed E-state index contributed by atoms with van der Waals surface area (Å²) in [7, 11) is 0. The Kier molecular flexibility index (Phi) is 4.05. The molecule has 0 radical (unpaired) electrons. The summed E-state index contributed by atoms with van der Waals surface area (Å²) < 4.78 is 25.0. The molecular weight excluding hydrogens is 210 g/mol. The molecule has 80 valence electrons. The van der Waals surface area contributed by atoms with E-state index in [4.69, 9.17) is 0 Å². The van der Waals surface area contributed by atoms with Crippen molar-refractivity contribution in [2.24, 2.45) is 0 Å². The van der Waals surface area contributed by atoms with Crippen molar-refractivity contribution in [3.05, 3.63) is 11.6 Å². The number of hydrogen-bond acceptors (Lipinski definition) is 1. The number of rotatable bonds is 2. The van der Waals surface area contributed by atoms with Gasteiger partial charge in [0.15, 0.2) is 0 Å². The first-order valence-electron chi connectivity index (χ1n) is 4.82. The molecule has 0 saturated heterocycles. The molecule has 0 aromatic heterocycles. The number of carbonyl (C=O) groups is 1. The molecule has 0 aromatic carbocycles. The monoisotopic (exact) mass is 222 g/mol.